The van der Waals surface area contributed by atoms with Crippen LogP contribution in [0.15, 0.2) is 35.2 Å². The van der Waals surface area contributed by atoms with Crippen LogP contribution in [0.4, 0.5) is 11.5 Å². The van der Waals surface area contributed by atoms with E-state index < -0.39 is 11.8 Å². The molecule has 31 heavy (non-hydrogen) atoms. The summed E-state index contributed by atoms with van der Waals surface area (Å²) in [6.45, 7) is 9.60. The molecule has 0 bridgehead atoms. The van der Waals surface area contributed by atoms with Crippen molar-refractivity contribution in [1.29, 1.82) is 0 Å². The van der Waals surface area contributed by atoms with Gasteiger partial charge in [-0.05, 0) is 24.0 Å². The fraction of sp³-hybridized carbons (Fsp3) is 0.381. The van der Waals surface area contributed by atoms with Crippen molar-refractivity contribution < 1.29 is 14.0 Å². The smallest absolute Gasteiger partial charge is 0.277 e. The van der Waals surface area contributed by atoms with E-state index in [1.54, 1.807) is 29.2 Å². The minimum Gasteiger partial charge on any atom is -0.444 e. The monoisotopic (exact) mass is 425 g/mol. The van der Waals surface area contributed by atoms with Gasteiger partial charge in [0.05, 0.1) is 5.69 Å². The molecule has 2 amide bonds. The zero-order valence-electron chi connectivity index (χ0n) is 18.0. The fourth-order valence-corrected chi connectivity index (χ4v) is 2.83. The van der Waals surface area contributed by atoms with Crippen molar-refractivity contribution in [2.24, 2.45) is 17.6 Å². The van der Waals surface area contributed by atoms with Crippen LogP contribution in [0.5, 0.6) is 0 Å². The lowest BCUT2D eigenvalue weighted by Gasteiger charge is -2.08. The summed E-state index contributed by atoms with van der Waals surface area (Å²) in [6.07, 6.45) is 4.48. The van der Waals surface area contributed by atoms with Crippen LogP contribution < -0.4 is 16.4 Å². The Morgan fingerprint density at radius 1 is 1.23 bits per heavy atom. The number of nitrogens with two attached hydrogens (primary N) is 1. The predicted octanol–water partition coefficient (Wildman–Crippen LogP) is 3.01. The van der Waals surface area contributed by atoms with Gasteiger partial charge in [-0.15, -0.1) is 0 Å². The minimum atomic E-state index is -0.725. The first-order valence-corrected chi connectivity index (χ1v) is 10.1. The van der Waals surface area contributed by atoms with E-state index in [1.807, 2.05) is 13.8 Å². The van der Waals surface area contributed by atoms with Crippen LogP contribution >= 0.6 is 0 Å². The lowest BCUT2D eigenvalue weighted by molar-refractivity contribution is 0.0995. The van der Waals surface area contributed by atoms with Crippen molar-refractivity contribution in [1.82, 2.24) is 19.7 Å². The van der Waals surface area contributed by atoms with Gasteiger partial charge in [0.1, 0.15) is 12.1 Å². The van der Waals surface area contributed by atoms with E-state index in [1.165, 1.54) is 6.26 Å². The first-order chi connectivity index (χ1) is 14.7. The van der Waals surface area contributed by atoms with Gasteiger partial charge in [-0.25, -0.2) is 9.97 Å². The minimum absolute atomic E-state index is 0.00674. The van der Waals surface area contributed by atoms with Crippen molar-refractivity contribution in [3.63, 3.8) is 0 Å². The zero-order chi connectivity index (χ0) is 22.5. The number of anilines is 2. The summed E-state index contributed by atoms with van der Waals surface area (Å²) in [5, 5.41) is 10.0. The summed E-state index contributed by atoms with van der Waals surface area (Å²) in [5.74, 6) is 0.496. The lowest BCUT2D eigenvalue weighted by atomic mass is 10.2. The van der Waals surface area contributed by atoms with Crippen molar-refractivity contribution in [2.45, 2.75) is 34.2 Å². The molecule has 3 aromatic heterocycles. The van der Waals surface area contributed by atoms with Crippen LogP contribution in [0.1, 0.15) is 48.7 Å². The van der Waals surface area contributed by atoms with E-state index in [-0.39, 0.29) is 23.0 Å². The number of primary amides is 1. The number of nitrogens with one attached hydrogen (secondary N) is 2. The Labute approximate surface area is 180 Å². The Kier molecular flexibility index (Phi) is 6.68. The standard InChI is InChI=1S/C21H27N7O3/c1-12(2)8-24-17-7-14(5-6-23-17)21-26-16(11-31-21)20(30)25-15-10-28(9-13(3)4)27-18(15)19(22)29/h5-7,10-13H,8-9H2,1-4H3,(H2,22,29)(H,23,24)(H,25,30). The Bertz CT molecular complexity index is 1070. The van der Waals surface area contributed by atoms with Crippen LogP contribution in [-0.2, 0) is 6.54 Å². The normalized spacial score (nSPS) is 11.2. The molecular formula is C21H27N7O3. The van der Waals surface area contributed by atoms with Crippen LogP contribution in [0.3, 0.4) is 0 Å². The molecule has 0 aliphatic heterocycles. The second kappa shape index (κ2) is 9.41. The van der Waals surface area contributed by atoms with Crippen molar-refractivity contribution in [3.8, 4) is 11.5 Å². The highest BCUT2D eigenvalue weighted by Crippen LogP contribution is 2.22. The summed E-state index contributed by atoms with van der Waals surface area (Å²) in [4.78, 5) is 32.9. The molecule has 0 spiro atoms. The highest BCUT2D eigenvalue weighted by molar-refractivity contribution is 6.07. The molecule has 3 rings (SSSR count). The highest BCUT2D eigenvalue weighted by atomic mass is 16.3. The molecule has 0 saturated heterocycles. The van der Waals surface area contributed by atoms with Crippen molar-refractivity contribution in [3.05, 3.63) is 42.2 Å². The molecule has 0 aliphatic carbocycles. The Hall–Kier alpha value is -3.69. The maximum atomic E-state index is 12.7. The molecule has 10 nitrogen and oxygen atoms in total. The van der Waals surface area contributed by atoms with Crippen LogP contribution in [0.2, 0.25) is 0 Å². The molecule has 0 unspecified atom stereocenters. The van der Waals surface area contributed by atoms with Gasteiger partial charge in [0.15, 0.2) is 11.4 Å². The summed E-state index contributed by atoms with van der Waals surface area (Å²) >= 11 is 0. The number of carbonyl (C=O) groups is 2. The van der Waals surface area contributed by atoms with Gasteiger partial charge in [-0.2, -0.15) is 5.10 Å². The molecule has 164 valence electrons. The number of hydrogen-bond acceptors (Lipinski definition) is 7. The molecule has 0 radical (unpaired) electrons. The van der Waals surface area contributed by atoms with Gasteiger partial charge in [-0.3, -0.25) is 14.3 Å². The van der Waals surface area contributed by atoms with Crippen LogP contribution in [0.25, 0.3) is 11.5 Å². The number of carbonyl (C=O) groups excluding carboxylic acids is 2. The molecule has 10 heteroatoms. The third-order valence-corrected chi connectivity index (χ3v) is 4.23. The molecule has 0 saturated carbocycles. The van der Waals surface area contributed by atoms with E-state index in [2.05, 4.69) is 39.5 Å². The molecule has 3 heterocycles. The van der Waals surface area contributed by atoms with Gasteiger partial charge >= 0.3 is 0 Å². The van der Waals surface area contributed by atoms with E-state index in [4.69, 9.17) is 10.2 Å². The SMILES string of the molecule is CC(C)CNc1cc(-c2nc(C(=O)Nc3cn(CC(C)C)nc3C(N)=O)co2)ccn1. The largest absolute Gasteiger partial charge is 0.444 e. The summed E-state index contributed by atoms with van der Waals surface area (Å²) in [5.41, 5.74) is 6.37. The van der Waals surface area contributed by atoms with Gasteiger partial charge in [0.25, 0.3) is 11.8 Å². The molecule has 0 aliphatic rings. The van der Waals surface area contributed by atoms with Crippen molar-refractivity contribution in [2.75, 3.05) is 17.2 Å². The van der Waals surface area contributed by atoms with E-state index in [0.717, 1.165) is 6.54 Å². The Balaban J connectivity index is 1.76. The molecule has 4 N–H and O–H groups in total. The number of pyridine rings is 1. The lowest BCUT2D eigenvalue weighted by Crippen LogP contribution is -2.18. The molecular weight excluding hydrogens is 398 g/mol. The number of rotatable bonds is 9. The number of oxazole rings is 1. The average molecular weight is 425 g/mol. The topological polar surface area (TPSA) is 141 Å². The van der Waals surface area contributed by atoms with Crippen LogP contribution in [-0.4, -0.2) is 38.1 Å². The Morgan fingerprint density at radius 2 is 2.00 bits per heavy atom. The number of hydrogen-bond donors (Lipinski definition) is 3. The first-order valence-electron chi connectivity index (χ1n) is 10.1. The molecule has 0 atom stereocenters. The van der Waals surface area contributed by atoms with Gasteiger partial charge in [-0.1, -0.05) is 27.7 Å². The maximum Gasteiger partial charge on any atom is 0.277 e. The third kappa shape index (κ3) is 5.68. The summed E-state index contributed by atoms with van der Waals surface area (Å²) < 4.78 is 7.07. The molecule has 3 aromatic rings. The zero-order valence-corrected chi connectivity index (χ0v) is 18.0. The second-order valence-corrected chi connectivity index (χ2v) is 8.07. The van der Waals surface area contributed by atoms with Gasteiger partial charge < -0.3 is 20.8 Å². The first kappa shape index (κ1) is 22.0. The average Bonchev–Trinajstić information content (AvgIpc) is 3.34. The quantitative estimate of drug-likeness (QED) is 0.478. The van der Waals surface area contributed by atoms with Gasteiger partial charge in [0.2, 0.25) is 5.89 Å². The van der Waals surface area contributed by atoms with E-state index >= 15 is 0 Å². The summed E-state index contributed by atoms with van der Waals surface area (Å²) in [6, 6.07) is 3.55. The third-order valence-electron chi connectivity index (χ3n) is 4.23. The van der Waals surface area contributed by atoms with E-state index in [0.29, 0.717) is 29.8 Å². The fourth-order valence-electron chi connectivity index (χ4n) is 2.83. The Morgan fingerprint density at radius 3 is 2.68 bits per heavy atom. The second-order valence-electron chi connectivity index (χ2n) is 8.07. The number of nitrogens with zero attached hydrogens (tertiary/aromatic N) is 4. The number of aromatic nitrogens is 4. The van der Waals surface area contributed by atoms with E-state index in [9.17, 15) is 9.59 Å². The summed E-state index contributed by atoms with van der Waals surface area (Å²) in [7, 11) is 0. The van der Waals surface area contributed by atoms with Gasteiger partial charge in [0, 0.05) is 31.0 Å². The number of amides is 2. The molecule has 0 fully saturated rings. The maximum absolute atomic E-state index is 12.7. The van der Waals surface area contributed by atoms with Crippen LogP contribution in [0, 0.1) is 11.8 Å². The predicted molar refractivity (Wildman–Crippen MR) is 117 cm³/mol. The highest BCUT2D eigenvalue weighted by Gasteiger charge is 2.20. The van der Waals surface area contributed by atoms with Crippen molar-refractivity contribution >= 4 is 23.3 Å². The molecule has 0 aromatic carbocycles.